The molecule has 1 saturated carbocycles. The van der Waals surface area contributed by atoms with Gasteiger partial charge in [0.05, 0.1) is 39.7 Å². The van der Waals surface area contributed by atoms with Crippen molar-refractivity contribution in [3.8, 4) is 0 Å². The maximum atomic E-state index is 10.1. The Bertz CT molecular complexity index is 638. The van der Waals surface area contributed by atoms with Gasteiger partial charge in [-0.3, -0.25) is 0 Å². The second-order valence-corrected chi connectivity index (χ2v) is 5.78. The molecule has 8 heteroatoms. The number of aliphatic hydroxyl groups excluding tert-OH is 3. The normalized spacial score (nSPS) is 30.7. The van der Waals surface area contributed by atoms with Gasteiger partial charge in [0, 0.05) is 0 Å². The third-order valence-corrected chi connectivity index (χ3v) is 4.46. The average molecular weight is 319 g/mol. The van der Waals surface area contributed by atoms with Gasteiger partial charge in [0.15, 0.2) is 0 Å². The lowest BCUT2D eigenvalue weighted by molar-refractivity contribution is 0.0140. The van der Waals surface area contributed by atoms with Gasteiger partial charge < -0.3 is 25.4 Å². The number of rotatable bonds is 3. The number of hydrogen-bond donors (Lipinski definition) is 5. The number of fused-ring (bicyclic) bond motifs is 1. The summed E-state index contributed by atoms with van der Waals surface area (Å²) >= 11 is 11.8. The largest absolute Gasteiger partial charge is 0.393 e. The van der Waals surface area contributed by atoms with Crippen molar-refractivity contribution in [1.82, 2.24) is 9.97 Å². The molecule has 0 saturated heterocycles. The topological polar surface area (TPSA) is 110 Å². The number of halogens is 2. The Morgan fingerprint density at radius 3 is 2.60 bits per heavy atom. The van der Waals surface area contributed by atoms with Crippen molar-refractivity contribution in [2.45, 2.75) is 17.8 Å². The lowest BCUT2D eigenvalue weighted by Gasteiger charge is -2.09. The highest BCUT2D eigenvalue weighted by Crippen LogP contribution is 2.50. The maximum Gasteiger partial charge on any atom is 0.136 e. The molecule has 108 valence electrons. The van der Waals surface area contributed by atoms with E-state index in [4.69, 9.17) is 28.3 Å². The Morgan fingerprint density at radius 2 is 2.00 bits per heavy atom. The van der Waals surface area contributed by atoms with Crippen LogP contribution in [0.15, 0.2) is 12.1 Å². The van der Waals surface area contributed by atoms with Crippen molar-refractivity contribution in [2.75, 3.05) is 6.61 Å². The summed E-state index contributed by atoms with van der Waals surface area (Å²) in [5.41, 5.74) is -0.597. The molecule has 1 aromatic carbocycles. The Balaban J connectivity index is 1.95. The quantitative estimate of drug-likeness (QED) is 0.570. The second kappa shape index (κ2) is 4.56. The Hall–Kier alpha value is -0.890. The summed E-state index contributed by atoms with van der Waals surface area (Å²) < 4.78 is 0. The summed E-state index contributed by atoms with van der Waals surface area (Å²) in [6.07, 6.45) is -2.42. The van der Waals surface area contributed by atoms with E-state index in [9.17, 15) is 15.3 Å². The molecule has 1 aliphatic carbocycles. The molecule has 6 nitrogen and oxygen atoms in total. The first-order valence-corrected chi connectivity index (χ1v) is 6.68. The summed E-state index contributed by atoms with van der Waals surface area (Å²) in [5.74, 6) is -0.717. The van der Waals surface area contributed by atoms with Crippen molar-refractivity contribution in [2.24, 2.45) is 5.92 Å². The fourth-order valence-electron chi connectivity index (χ4n) is 2.41. The van der Waals surface area contributed by atoms with Gasteiger partial charge in [0.2, 0.25) is 0 Å². The van der Waals surface area contributed by atoms with Crippen molar-refractivity contribution < 1.29 is 20.4 Å². The minimum absolute atomic E-state index is 0.173. The van der Waals surface area contributed by atoms with E-state index in [0.29, 0.717) is 21.1 Å². The van der Waals surface area contributed by atoms with Gasteiger partial charge in [-0.2, -0.15) is 0 Å². The lowest BCUT2D eigenvalue weighted by Crippen LogP contribution is -2.22. The summed E-state index contributed by atoms with van der Waals surface area (Å²) in [7, 11) is 0. The maximum absolute atomic E-state index is 10.1. The van der Waals surface area contributed by atoms with Crippen LogP contribution in [0.2, 0.25) is 10.0 Å². The molecular formula is C12H12Cl2N2O4. The van der Waals surface area contributed by atoms with Gasteiger partial charge in [0.25, 0.3) is 0 Å². The molecular weight excluding hydrogens is 307 g/mol. The van der Waals surface area contributed by atoms with Crippen LogP contribution in [0.25, 0.3) is 11.0 Å². The predicted molar refractivity (Wildman–Crippen MR) is 72.6 cm³/mol. The zero-order valence-electron chi connectivity index (χ0n) is 10.1. The highest BCUT2D eigenvalue weighted by Gasteiger charge is 2.67. The summed E-state index contributed by atoms with van der Waals surface area (Å²) in [5, 5.41) is 39.3. The third-order valence-electron chi connectivity index (χ3n) is 3.74. The SMILES string of the molecule is OCC1(O)C(C(O)c2nc3cc(Cl)c(Cl)cc3[nH]2)[C@H]1O. The van der Waals surface area contributed by atoms with Crippen LogP contribution >= 0.6 is 23.2 Å². The summed E-state index contributed by atoms with van der Waals surface area (Å²) in [6.45, 7) is -0.631. The third kappa shape index (κ3) is 1.92. The van der Waals surface area contributed by atoms with E-state index in [0.717, 1.165) is 0 Å². The van der Waals surface area contributed by atoms with E-state index in [1.54, 1.807) is 12.1 Å². The minimum atomic E-state index is -1.69. The number of H-pyrrole nitrogens is 1. The van der Waals surface area contributed by atoms with E-state index < -0.39 is 30.3 Å². The fraction of sp³-hybridized carbons (Fsp3) is 0.417. The highest BCUT2D eigenvalue weighted by molar-refractivity contribution is 6.42. The Labute approximate surface area is 123 Å². The van der Waals surface area contributed by atoms with Crippen LogP contribution in [0, 0.1) is 5.92 Å². The van der Waals surface area contributed by atoms with Gasteiger partial charge in [-0.05, 0) is 12.1 Å². The van der Waals surface area contributed by atoms with Crippen molar-refractivity contribution in [3.63, 3.8) is 0 Å². The first-order chi connectivity index (χ1) is 9.38. The average Bonchev–Trinajstić information content (AvgIpc) is 2.77. The lowest BCUT2D eigenvalue weighted by atomic mass is 10.1. The zero-order chi connectivity index (χ0) is 14.7. The standard InChI is InChI=1S/C12H12Cl2N2O4/c13-4-1-6-7(2-5(4)14)16-11(15-6)9(18)8-10(19)12(8,20)3-17/h1-2,8-10,17-20H,3H2,(H,15,16)/t8?,9?,10-,12?/m1/s1. The van der Waals surface area contributed by atoms with Crippen LogP contribution in [0.1, 0.15) is 11.9 Å². The number of benzene rings is 1. The summed E-state index contributed by atoms with van der Waals surface area (Å²) in [6, 6.07) is 3.12. The van der Waals surface area contributed by atoms with Crippen LogP contribution in [-0.4, -0.2) is 48.7 Å². The van der Waals surface area contributed by atoms with Crippen molar-refractivity contribution in [1.29, 1.82) is 0 Å². The van der Waals surface area contributed by atoms with Gasteiger partial charge in [-0.25, -0.2) is 4.98 Å². The minimum Gasteiger partial charge on any atom is -0.393 e. The van der Waals surface area contributed by atoms with Crippen molar-refractivity contribution in [3.05, 3.63) is 28.0 Å². The fourth-order valence-corrected chi connectivity index (χ4v) is 2.74. The molecule has 0 amide bonds. The first-order valence-electron chi connectivity index (χ1n) is 5.92. The highest BCUT2D eigenvalue weighted by atomic mass is 35.5. The van der Waals surface area contributed by atoms with E-state index >= 15 is 0 Å². The van der Waals surface area contributed by atoms with E-state index in [1.165, 1.54) is 0 Å². The smallest absolute Gasteiger partial charge is 0.136 e. The molecule has 0 radical (unpaired) electrons. The number of aromatic amines is 1. The Kier molecular flexibility index (Phi) is 3.20. The van der Waals surface area contributed by atoms with Gasteiger partial charge in [-0.1, -0.05) is 23.2 Å². The monoisotopic (exact) mass is 318 g/mol. The molecule has 1 aliphatic rings. The Morgan fingerprint density at radius 1 is 1.35 bits per heavy atom. The van der Waals surface area contributed by atoms with Gasteiger partial charge >= 0.3 is 0 Å². The second-order valence-electron chi connectivity index (χ2n) is 4.97. The molecule has 3 unspecified atom stereocenters. The van der Waals surface area contributed by atoms with Crippen LogP contribution in [0.5, 0.6) is 0 Å². The van der Waals surface area contributed by atoms with E-state index in [2.05, 4.69) is 9.97 Å². The molecule has 4 atom stereocenters. The molecule has 0 spiro atoms. The number of aromatic nitrogens is 2. The number of hydrogen-bond acceptors (Lipinski definition) is 5. The van der Waals surface area contributed by atoms with Crippen LogP contribution in [-0.2, 0) is 0 Å². The number of nitrogens with one attached hydrogen (secondary N) is 1. The number of imidazole rings is 1. The number of aliphatic hydroxyl groups is 4. The van der Waals surface area contributed by atoms with Crippen LogP contribution < -0.4 is 0 Å². The van der Waals surface area contributed by atoms with Crippen LogP contribution in [0.4, 0.5) is 0 Å². The molecule has 2 aromatic rings. The number of nitrogens with zero attached hydrogens (tertiary/aromatic N) is 1. The molecule has 20 heavy (non-hydrogen) atoms. The molecule has 1 fully saturated rings. The van der Waals surface area contributed by atoms with E-state index in [1.807, 2.05) is 0 Å². The molecule has 1 heterocycles. The zero-order valence-corrected chi connectivity index (χ0v) is 11.6. The summed E-state index contributed by atoms with van der Waals surface area (Å²) in [4.78, 5) is 7.02. The predicted octanol–water partition coefficient (Wildman–Crippen LogP) is 0.617. The molecule has 3 rings (SSSR count). The molecule has 0 aliphatic heterocycles. The first kappa shape index (κ1) is 14.1. The molecule has 0 bridgehead atoms. The van der Waals surface area contributed by atoms with Gasteiger partial charge in [0.1, 0.15) is 17.5 Å². The molecule has 5 N–H and O–H groups in total. The van der Waals surface area contributed by atoms with Crippen LogP contribution in [0.3, 0.4) is 0 Å². The molecule has 1 aromatic heterocycles. The van der Waals surface area contributed by atoms with Crippen molar-refractivity contribution >= 4 is 34.2 Å². The van der Waals surface area contributed by atoms with Gasteiger partial charge in [-0.15, -0.1) is 0 Å². The van der Waals surface area contributed by atoms with E-state index in [-0.39, 0.29) is 5.82 Å².